The summed E-state index contributed by atoms with van der Waals surface area (Å²) in [5, 5.41) is 6.15. The number of hydrogen-bond donors (Lipinski definition) is 0. The third-order valence-corrected chi connectivity index (χ3v) is 18.9. The molecule has 4 heterocycles. The maximum atomic E-state index is 7.36. The molecule has 0 bridgehead atoms. The molecule has 0 N–H and O–H groups in total. The highest BCUT2D eigenvalue weighted by atomic mass is 32.1. The average molecular weight is 927 g/mol. The lowest BCUT2D eigenvalue weighted by atomic mass is 9.46. The molecular weight excluding hydrogens is 868 g/mol. The number of fused-ring (bicyclic) bond motifs is 14. The number of hydrogen-bond acceptors (Lipinski definition) is 4. The predicted octanol–water partition coefficient (Wildman–Crippen LogP) is 17.3. The van der Waals surface area contributed by atoms with Crippen LogP contribution < -0.4 is 20.0 Å². The average Bonchev–Trinajstić information content (AvgIpc) is 3.93. The molecule has 344 valence electrons. The van der Waals surface area contributed by atoms with Gasteiger partial charge in [0.2, 0.25) is 0 Å². The molecule has 0 saturated heterocycles. The molecule has 0 unspecified atom stereocenters. The zero-order valence-corrected chi connectivity index (χ0v) is 42.8. The summed E-state index contributed by atoms with van der Waals surface area (Å²) in [7, 11) is 0. The van der Waals surface area contributed by atoms with Gasteiger partial charge in [0, 0.05) is 53.6 Å². The second kappa shape index (κ2) is 14.3. The van der Waals surface area contributed by atoms with E-state index in [0.29, 0.717) is 0 Å². The van der Waals surface area contributed by atoms with Crippen LogP contribution in [-0.4, -0.2) is 6.85 Å². The normalized spacial score (nSPS) is 17.9. The van der Waals surface area contributed by atoms with Gasteiger partial charge in [0.15, 0.2) is 5.58 Å². The van der Waals surface area contributed by atoms with Crippen molar-refractivity contribution in [1.82, 2.24) is 0 Å². The van der Waals surface area contributed by atoms with Crippen molar-refractivity contribution in [3.05, 3.63) is 173 Å². The summed E-state index contributed by atoms with van der Waals surface area (Å²) in [6.07, 6.45) is 4.66. The summed E-state index contributed by atoms with van der Waals surface area (Å²) >= 11 is 2.02. The highest BCUT2D eigenvalue weighted by Crippen LogP contribution is 2.58. The Balaban J connectivity index is 1.17. The van der Waals surface area contributed by atoms with E-state index in [9.17, 15) is 0 Å². The standard InChI is InChI=1S/C65H59BN2OS/c1-38-33-49-51(64(6,7)31-29-62(49,2)3)36-53(38)67-58-48-35-50-52(65(8,9)32-30-63(50,4)5)37-55(48)70-61(58)66-56-46(34-47-44-21-15-16-22-54(44)69-60(47)59(56)67)45-28-25-41-19-13-14-20-43(41)57(45)68(66)42-26-23-40(24-27-42)39-17-11-10-12-18-39/h10-28,33-37H,29-32H2,1-9H3. The van der Waals surface area contributed by atoms with Gasteiger partial charge in [-0.3, -0.25) is 0 Å². The number of nitrogens with zero attached hydrogens (tertiary/aromatic N) is 2. The minimum absolute atomic E-state index is 0.0212. The predicted molar refractivity (Wildman–Crippen MR) is 301 cm³/mol. The van der Waals surface area contributed by atoms with E-state index in [-0.39, 0.29) is 28.5 Å². The number of benzene rings is 8. The Labute approximate surface area is 416 Å². The van der Waals surface area contributed by atoms with Gasteiger partial charge in [0.05, 0.1) is 11.4 Å². The van der Waals surface area contributed by atoms with Gasteiger partial charge in [-0.1, -0.05) is 159 Å². The van der Waals surface area contributed by atoms with Crippen LogP contribution in [0.1, 0.15) is 109 Å². The molecule has 0 fully saturated rings. The van der Waals surface area contributed by atoms with Crippen LogP contribution in [0.5, 0.6) is 0 Å². The maximum absolute atomic E-state index is 7.36. The fraction of sp³-hybridized carbons (Fsp3) is 0.262. The van der Waals surface area contributed by atoms with Crippen LogP contribution in [-0.2, 0) is 21.7 Å². The Kier molecular flexibility index (Phi) is 8.64. The fourth-order valence-electron chi connectivity index (χ4n) is 13.4. The Morgan fingerprint density at radius 3 is 1.81 bits per heavy atom. The van der Waals surface area contributed by atoms with Gasteiger partial charge < -0.3 is 14.1 Å². The molecule has 0 atom stereocenters. The van der Waals surface area contributed by atoms with Crippen LogP contribution >= 0.6 is 11.3 Å². The minimum atomic E-state index is -0.154. The maximum Gasteiger partial charge on any atom is 0.343 e. The third-order valence-electron chi connectivity index (χ3n) is 17.7. The molecule has 5 heteroatoms. The van der Waals surface area contributed by atoms with E-state index in [4.69, 9.17) is 4.42 Å². The van der Waals surface area contributed by atoms with E-state index >= 15 is 0 Å². The van der Waals surface area contributed by atoms with Gasteiger partial charge in [-0.25, -0.2) is 0 Å². The summed E-state index contributed by atoms with van der Waals surface area (Å²) < 4.78 is 10.1. The zero-order chi connectivity index (χ0) is 47.8. The number of aryl methyl sites for hydroxylation is 1. The Bertz CT molecular complexity index is 3870. The Hall–Kier alpha value is -6.56. The van der Waals surface area contributed by atoms with E-state index in [2.05, 4.69) is 218 Å². The number of anilines is 5. The van der Waals surface area contributed by atoms with Crippen molar-refractivity contribution in [2.24, 2.45) is 0 Å². The largest absolute Gasteiger partial charge is 0.454 e. The molecule has 0 saturated carbocycles. The first-order valence-electron chi connectivity index (χ1n) is 25.6. The molecule has 10 aromatic rings. The van der Waals surface area contributed by atoms with Crippen LogP contribution in [0.25, 0.3) is 65.1 Å². The number of furan rings is 1. The first-order chi connectivity index (χ1) is 33.6. The summed E-state index contributed by atoms with van der Waals surface area (Å²) in [4.78, 5) is 5.44. The van der Waals surface area contributed by atoms with Crippen molar-refractivity contribution in [2.75, 3.05) is 9.71 Å². The van der Waals surface area contributed by atoms with E-state index in [1.54, 1.807) is 0 Å². The monoisotopic (exact) mass is 926 g/mol. The van der Waals surface area contributed by atoms with Crippen LogP contribution in [0, 0.1) is 6.92 Å². The van der Waals surface area contributed by atoms with Crippen molar-refractivity contribution in [1.29, 1.82) is 0 Å². The van der Waals surface area contributed by atoms with Crippen LogP contribution in [0.15, 0.2) is 150 Å². The Morgan fingerprint density at radius 1 is 0.500 bits per heavy atom. The SMILES string of the molecule is Cc1cc2c(cc1N1c3c(sc4cc5c(cc34)C(C)(C)CCC5(C)C)B3c4c(cc5c(oc6ccccc65)c41)-c1ccc4ccccc4c1N3c1ccc(-c3ccccc3)cc1)C(C)(C)CCC2(C)C. The van der Waals surface area contributed by atoms with E-state index in [0.717, 1.165) is 34.8 Å². The third kappa shape index (κ3) is 5.82. The second-order valence-electron chi connectivity index (χ2n) is 23.8. The molecule has 2 aromatic heterocycles. The van der Waals surface area contributed by atoms with Crippen LogP contribution in [0.4, 0.5) is 28.4 Å². The lowest BCUT2D eigenvalue weighted by Crippen LogP contribution is -2.60. The van der Waals surface area contributed by atoms with Crippen LogP contribution in [0.3, 0.4) is 0 Å². The van der Waals surface area contributed by atoms with Crippen molar-refractivity contribution < 1.29 is 4.42 Å². The molecule has 2 aliphatic heterocycles. The van der Waals surface area contributed by atoms with Crippen LogP contribution in [0.2, 0.25) is 0 Å². The highest BCUT2D eigenvalue weighted by molar-refractivity contribution is 7.32. The second-order valence-corrected chi connectivity index (χ2v) is 24.9. The number of para-hydroxylation sites is 1. The highest BCUT2D eigenvalue weighted by Gasteiger charge is 2.50. The lowest BCUT2D eigenvalue weighted by Gasteiger charge is -2.46. The molecule has 0 spiro atoms. The molecule has 8 aromatic carbocycles. The van der Waals surface area contributed by atoms with Crippen molar-refractivity contribution in [2.45, 2.75) is 110 Å². The quantitative estimate of drug-likeness (QED) is 0.165. The van der Waals surface area contributed by atoms with E-state index in [1.807, 2.05) is 11.3 Å². The molecule has 4 aliphatic rings. The van der Waals surface area contributed by atoms with Gasteiger partial charge in [-0.05, 0) is 152 Å². The molecule has 0 amide bonds. The zero-order valence-electron chi connectivity index (χ0n) is 42.0. The molecule has 2 aliphatic carbocycles. The minimum Gasteiger partial charge on any atom is -0.454 e. The van der Waals surface area contributed by atoms with Gasteiger partial charge in [0.1, 0.15) is 5.58 Å². The van der Waals surface area contributed by atoms with Crippen molar-refractivity contribution in [3.63, 3.8) is 0 Å². The topological polar surface area (TPSA) is 19.6 Å². The summed E-state index contributed by atoms with van der Waals surface area (Å²) in [6, 6.07) is 55.6. The van der Waals surface area contributed by atoms with Crippen molar-refractivity contribution in [3.8, 4) is 22.3 Å². The van der Waals surface area contributed by atoms with Gasteiger partial charge in [-0.2, -0.15) is 0 Å². The Morgan fingerprint density at radius 2 is 1.10 bits per heavy atom. The van der Waals surface area contributed by atoms with E-state index in [1.165, 1.54) is 122 Å². The number of rotatable bonds is 3. The fourth-order valence-corrected chi connectivity index (χ4v) is 14.7. The summed E-state index contributed by atoms with van der Waals surface area (Å²) in [6.45, 7) is 22.0. The molecular formula is C65H59BN2OS. The van der Waals surface area contributed by atoms with Gasteiger partial charge in [0.25, 0.3) is 0 Å². The molecule has 3 nitrogen and oxygen atoms in total. The van der Waals surface area contributed by atoms with Gasteiger partial charge in [-0.15, -0.1) is 11.3 Å². The summed E-state index contributed by atoms with van der Waals surface area (Å²) in [5.74, 6) is 0. The molecule has 14 rings (SSSR count). The first-order valence-corrected chi connectivity index (χ1v) is 26.4. The lowest BCUT2D eigenvalue weighted by molar-refractivity contribution is 0.332. The summed E-state index contributed by atoms with van der Waals surface area (Å²) in [5.41, 5.74) is 21.8. The molecule has 70 heavy (non-hydrogen) atoms. The smallest absolute Gasteiger partial charge is 0.343 e. The first kappa shape index (κ1) is 42.3. The van der Waals surface area contributed by atoms with E-state index < -0.39 is 0 Å². The molecule has 0 radical (unpaired) electrons. The van der Waals surface area contributed by atoms with Crippen molar-refractivity contribution >= 4 is 99.7 Å². The van der Waals surface area contributed by atoms with Gasteiger partial charge >= 0.3 is 6.85 Å². The number of thiophene rings is 1.